The lowest BCUT2D eigenvalue weighted by Crippen LogP contribution is -2.45. The van der Waals surface area contributed by atoms with Gasteiger partial charge in [-0.2, -0.15) is 5.10 Å². The van der Waals surface area contributed by atoms with Crippen molar-refractivity contribution < 1.29 is 0 Å². The van der Waals surface area contributed by atoms with E-state index in [9.17, 15) is 0 Å². The summed E-state index contributed by atoms with van der Waals surface area (Å²) in [5.74, 6) is 0.905. The molecule has 0 aliphatic heterocycles. The lowest BCUT2D eigenvalue weighted by Gasteiger charge is -2.45. The first-order valence-electron chi connectivity index (χ1n) is 5.14. The Morgan fingerprint density at radius 3 is 2.79 bits per heavy atom. The smallest absolute Gasteiger partial charge is 0.149 e. The molecule has 0 bridgehead atoms. The minimum Gasteiger partial charge on any atom is -0.365 e. The van der Waals surface area contributed by atoms with Gasteiger partial charge in [0, 0.05) is 6.04 Å². The number of aromatic nitrogens is 2. The molecule has 2 rings (SSSR count). The third kappa shape index (κ3) is 1.72. The molecule has 1 aliphatic rings. The van der Waals surface area contributed by atoms with Gasteiger partial charge in [0.2, 0.25) is 0 Å². The summed E-state index contributed by atoms with van der Waals surface area (Å²) in [5.41, 5.74) is 1.56. The van der Waals surface area contributed by atoms with Gasteiger partial charge in [0.15, 0.2) is 0 Å². The molecule has 14 heavy (non-hydrogen) atoms. The van der Waals surface area contributed by atoms with Crippen LogP contribution < -0.4 is 5.32 Å². The molecule has 0 saturated heterocycles. The SMILES string of the molecule is Cc1cnnc(NC2CCC2(C)C)c1. The van der Waals surface area contributed by atoms with E-state index in [1.807, 2.05) is 13.0 Å². The number of nitrogens with one attached hydrogen (secondary N) is 1. The van der Waals surface area contributed by atoms with Gasteiger partial charge in [-0.15, -0.1) is 5.10 Å². The van der Waals surface area contributed by atoms with Gasteiger partial charge in [0.25, 0.3) is 0 Å². The maximum absolute atomic E-state index is 4.07. The topological polar surface area (TPSA) is 37.8 Å². The second-order valence-electron chi connectivity index (χ2n) is 4.84. The van der Waals surface area contributed by atoms with Crippen LogP contribution in [0.4, 0.5) is 5.82 Å². The zero-order chi connectivity index (χ0) is 10.2. The van der Waals surface area contributed by atoms with E-state index in [4.69, 9.17) is 0 Å². The van der Waals surface area contributed by atoms with Crippen molar-refractivity contribution in [2.24, 2.45) is 5.41 Å². The molecule has 1 atom stereocenters. The summed E-state index contributed by atoms with van der Waals surface area (Å²) in [6, 6.07) is 2.60. The predicted molar refractivity (Wildman–Crippen MR) is 57.2 cm³/mol. The Morgan fingerprint density at radius 2 is 2.29 bits per heavy atom. The Morgan fingerprint density at radius 1 is 1.50 bits per heavy atom. The minimum absolute atomic E-state index is 0.408. The molecule has 1 unspecified atom stereocenters. The quantitative estimate of drug-likeness (QED) is 0.780. The highest BCUT2D eigenvalue weighted by molar-refractivity contribution is 5.37. The molecule has 3 heteroatoms. The number of anilines is 1. The molecular weight excluding hydrogens is 174 g/mol. The van der Waals surface area contributed by atoms with Crippen molar-refractivity contribution in [2.45, 2.75) is 39.7 Å². The summed E-state index contributed by atoms with van der Waals surface area (Å²) in [6.07, 6.45) is 4.31. The van der Waals surface area contributed by atoms with Gasteiger partial charge >= 0.3 is 0 Å². The average Bonchev–Trinajstić information content (AvgIpc) is 2.13. The van der Waals surface area contributed by atoms with Crippen LogP contribution in [0.15, 0.2) is 12.3 Å². The van der Waals surface area contributed by atoms with Crippen molar-refractivity contribution in [1.82, 2.24) is 10.2 Å². The Labute approximate surface area is 84.9 Å². The van der Waals surface area contributed by atoms with Crippen LogP contribution in [0.3, 0.4) is 0 Å². The van der Waals surface area contributed by atoms with Crippen LogP contribution in [-0.4, -0.2) is 16.2 Å². The molecule has 0 radical (unpaired) electrons. The van der Waals surface area contributed by atoms with E-state index < -0.39 is 0 Å². The van der Waals surface area contributed by atoms with Crippen molar-refractivity contribution in [3.05, 3.63) is 17.8 Å². The van der Waals surface area contributed by atoms with Crippen LogP contribution in [0.1, 0.15) is 32.3 Å². The van der Waals surface area contributed by atoms with Gasteiger partial charge in [-0.05, 0) is 36.8 Å². The molecule has 0 aromatic carbocycles. The highest BCUT2D eigenvalue weighted by Crippen LogP contribution is 2.41. The Balaban J connectivity index is 2.05. The number of aryl methyl sites for hydroxylation is 1. The normalized spacial score (nSPS) is 24.1. The molecule has 1 heterocycles. The van der Waals surface area contributed by atoms with Gasteiger partial charge in [0.1, 0.15) is 5.82 Å². The molecule has 1 saturated carbocycles. The second kappa shape index (κ2) is 3.23. The first-order chi connectivity index (χ1) is 6.58. The molecule has 0 spiro atoms. The highest BCUT2D eigenvalue weighted by atomic mass is 15.2. The van der Waals surface area contributed by atoms with Crippen molar-refractivity contribution >= 4 is 5.82 Å². The summed E-state index contributed by atoms with van der Waals surface area (Å²) in [7, 11) is 0. The summed E-state index contributed by atoms with van der Waals surface area (Å²) >= 11 is 0. The third-order valence-electron chi connectivity index (χ3n) is 3.13. The molecular formula is C11H17N3. The number of hydrogen-bond donors (Lipinski definition) is 1. The van der Waals surface area contributed by atoms with Crippen molar-refractivity contribution in [1.29, 1.82) is 0 Å². The van der Waals surface area contributed by atoms with Gasteiger partial charge in [-0.3, -0.25) is 0 Å². The van der Waals surface area contributed by atoms with Crippen LogP contribution in [0.2, 0.25) is 0 Å². The Kier molecular flexibility index (Phi) is 2.17. The monoisotopic (exact) mass is 191 g/mol. The predicted octanol–water partition coefficient (Wildman–Crippen LogP) is 2.39. The maximum atomic E-state index is 4.07. The largest absolute Gasteiger partial charge is 0.365 e. The highest BCUT2D eigenvalue weighted by Gasteiger charge is 2.38. The summed E-state index contributed by atoms with van der Waals surface area (Å²) in [5, 5.41) is 11.4. The zero-order valence-corrected chi connectivity index (χ0v) is 9.04. The first-order valence-corrected chi connectivity index (χ1v) is 5.14. The lowest BCUT2D eigenvalue weighted by atomic mass is 9.67. The Hall–Kier alpha value is -1.12. The van der Waals surface area contributed by atoms with Crippen LogP contribution in [0.25, 0.3) is 0 Å². The number of nitrogens with zero attached hydrogens (tertiary/aromatic N) is 2. The Bertz CT molecular complexity index is 333. The van der Waals surface area contributed by atoms with E-state index in [2.05, 4.69) is 29.4 Å². The fourth-order valence-corrected chi connectivity index (χ4v) is 1.85. The van der Waals surface area contributed by atoms with E-state index in [-0.39, 0.29) is 0 Å². The third-order valence-corrected chi connectivity index (χ3v) is 3.13. The minimum atomic E-state index is 0.408. The van der Waals surface area contributed by atoms with Gasteiger partial charge in [-0.25, -0.2) is 0 Å². The molecule has 1 aromatic rings. The van der Waals surface area contributed by atoms with Gasteiger partial charge in [-0.1, -0.05) is 13.8 Å². The van der Waals surface area contributed by atoms with E-state index in [1.54, 1.807) is 6.20 Å². The van der Waals surface area contributed by atoms with Crippen LogP contribution in [-0.2, 0) is 0 Å². The molecule has 1 fully saturated rings. The maximum Gasteiger partial charge on any atom is 0.149 e. The van der Waals surface area contributed by atoms with E-state index >= 15 is 0 Å². The fraction of sp³-hybridized carbons (Fsp3) is 0.636. The zero-order valence-electron chi connectivity index (χ0n) is 9.04. The number of rotatable bonds is 2. The van der Waals surface area contributed by atoms with Crippen molar-refractivity contribution in [3.8, 4) is 0 Å². The molecule has 0 amide bonds. The summed E-state index contributed by atoms with van der Waals surface area (Å²) in [6.45, 7) is 6.61. The van der Waals surface area contributed by atoms with Crippen LogP contribution in [0.5, 0.6) is 0 Å². The summed E-state index contributed by atoms with van der Waals surface area (Å²) < 4.78 is 0. The van der Waals surface area contributed by atoms with E-state index in [1.165, 1.54) is 12.8 Å². The van der Waals surface area contributed by atoms with Gasteiger partial charge < -0.3 is 5.32 Å². The van der Waals surface area contributed by atoms with Gasteiger partial charge in [0.05, 0.1) is 6.20 Å². The molecule has 76 valence electrons. The van der Waals surface area contributed by atoms with Crippen molar-refractivity contribution in [3.63, 3.8) is 0 Å². The molecule has 3 nitrogen and oxygen atoms in total. The van der Waals surface area contributed by atoms with Crippen LogP contribution in [0, 0.1) is 12.3 Å². The molecule has 1 N–H and O–H groups in total. The standard InChI is InChI=1S/C11H17N3/c1-8-6-10(14-12-7-8)13-9-4-5-11(9,2)3/h6-7,9H,4-5H2,1-3H3,(H,13,14). The number of hydrogen-bond acceptors (Lipinski definition) is 3. The lowest BCUT2D eigenvalue weighted by molar-refractivity contribution is 0.159. The average molecular weight is 191 g/mol. The molecule has 1 aromatic heterocycles. The van der Waals surface area contributed by atoms with E-state index in [0.29, 0.717) is 11.5 Å². The second-order valence-corrected chi connectivity index (χ2v) is 4.84. The molecule has 1 aliphatic carbocycles. The van der Waals surface area contributed by atoms with Crippen LogP contribution >= 0.6 is 0 Å². The summed E-state index contributed by atoms with van der Waals surface area (Å²) in [4.78, 5) is 0. The van der Waals surface area contributed by atoms with E-state index in [0.717, 1.165) is 11.4 Å². The first kappa shape index (κ1) is 9.44. The fourth-order valence-electron chi connectivity index (χ4n) is 1.85. The van der Waals surface area contributed by atoms with Crippen molar-refractivity contribution in [2.75, 3.05) is 5.32 Å².